The van der Waals surface area contributed by atoms with Gasteiger partial charge in [-0.15, -0.1) is 0 Å². The summed E-state index contributed by atoms with van der Waals surface area (Å²) < 4.78 is 17.1. The predicted molar refractivity (Wildman–Crippen MR) is 135 cm³/mol. The number of rotatable bonds is 5. The second-order valence-electron chi connectivity index (χ2n) is 10.2. The van der Waals surface area contributed by atoms with Gasteiger partial charge in [0.1, 0.15) is 23.0 Å². The summed E-state index contributed by atoms with van der Waals surface area (Å²) in [7, 11) is 3.40. The Morgan fingerprint density at radius 1 is 1.11 bits per heavy atom. The molecule has 7 nitrogen and oxygen atoms in total. The van der Waals surface area contributed by atoms with Gasteiger partial charge < -0.3 is 23.9 Å². The highest BCUT2D eigenvalue weighted by Gasteiger charge is 2.54. The van der Waals surface area contributed by atoms with Crippen LogP contribution in [0.2, 0.25) is 0 Å². The average molecular weight is 482 g/mol. The molecule has 1 aromatic carbocycles. The minimum absolute atomic E-state index is 0.167. The topological polar surface area (TPSA) is 61.6 Å². The van der Waals surface area contributed by atoms with E-state index in [2.05, 4.69) is 53.7 Å². The molecule has 0 bridgehead atoms. The number of benzene rings is 1. The summed E-state index contributed by atoms with van der Waals surface area (Å²) in [5, 5.41) is 11.6. The third-order valence-corrected chi connectivity index (χ3v) is 8.32. The van der Waals surface area contributed by atoms with Gasteiger partial charge in [-0.05, 0) is 44.4 Å². The van der Waals surface area contributed by atoms with Crippen molar-refractivity contribution in [1.29, 1.82) is 0 Å². The fourth-order valence-corrected chi connectivity index (χ4v) is 6.61. The van der Waals surface area contributed by atoms with Gasteiger partial charge in [0.25, 0.3) is 0 Å². The van der Waals surface area contributed by atoms with Crippen molar-refractivity contribution in [3.8, 4) is 11.5 Å². The van der Waals surface area contributed by atoms with Crippen LogP contribution in [0.1, 0.15) is 60.8 Å². The smallest absolute Gasteiger partial charge is 0.187 e. The highest BCUT2D eigenvalue weighted by molar-refractivity contribution is 5.52. The van der Waals surface area contributed by atoms with Crippen molar-refractivity contribution in [2.45, 2.75) is 71.4 Å². The summed E-state index contributed by atoms with van der Waals surface area (Å²) in [6.07, 6.45) is 3.70. The number of methoxy groups -OCH3 is 2. The van der Waals surface area contributed by atoms with Crippen LogP contribution in [-0.4, -0.2) is 65.6 Å². The van der Waals surface area contributed by atoms with Crippen LogP contribution in [0.5, 0.6) is 11.5 Å². The highest BCUT2D eigenvalue weighted by atomic mass is 16.5. The molecule has 35 heavy (non-hydrogen) atoms. The molecule has 1 aromatic heterocycles. The number of nitrogens with zero attached hydrogens (tertiary/aromatic N) is 3. The van der Waals surface area contributed by atoms with E-state index in [1.165, 1.54) is 16.8 Å². The van der Waals surface area contributed by atoms with E-state index in [4.69, 9.17) is 13.9 Å². The summed E-state index contributed by atoms with van der Waals surface area (Å²) in [4.78, 5) is 7.03. The Morgan fingerprint density at radius 3 is 2.46 bits per heavy atom. The molecule has 7 heteroatoms. The molecule has 0 radical (unpaired) electrons. The number of likely N-dealkylation sites (N-methyl/N-ethyl adjacent to an activating group) is 1. The molecule has 5 rings (SSSR count). The largest absolute Gasteiger partial charge is 0.497 e. The molecule has 2 aromatic rings. The monoisotopic (exact) mass is 481 g/mol. The fraction of sp³-hybridized carbons (Fsp3) is 0.571. The number of hydrogen-bond acceptors (Lipinski definition) is 7. The molecular formula is C28H39N3O4. The number of allylic oxidation sites excluding steroid dienone is 1. The van der Waals surface area contributed by atoms with Crippen LogP contribution in [-0.2, 0) is 13.1 Å². The van der Waals surface area contributed by atoms with Gasteiger partial charge in [-0.2, -0.15) is 0 Å². The number of piperidine rings is 1. The zero-order valence-corrected chi connectivity index (χ0v) is 21.9. The molecule has 0 aliphatic carbocycles. The van der Waals surface area contributed by atoms with Crippen molar-refractivity contribution in [3.63, 3.8) is 0 Å². The molecule has 2 saturated heterocycles. The van der Waals surface area contributed by atoms with Crippen LogP contribution in [0.4, 0.5) is 0 Å². The Morgan fingerprint density at radius 2 is 1.86 bits per heavy atom. The minimum atomic E-state index is -0.646. The van der Waals surface area contributed by atoms with E-state index in [-0.39, 0.29) is 11.5 Å². The zero-order chi connectivity index (χ0) is 24.9. The molecule has 3 aliphatic rings. The normalized spacial score (nSPS) is 24.2. The van der Waals surface area contributed by atoms with Crippen molar-refractivity contribution in [3.05, 3.63) is 58.2 Å². The summed E-state index contributed by atoms with van der Waals surface area (Å²) in [6.45, 7) is 12.8. The fourth-order valence-electron chi connectivity index (χ4n) is 6.61. The van der Waals surface area contributed by atoms with Gasteiger partial charge >= 0.3 is 0 Å². The summed E-state index contributed by atoms with van der Waals surface area (Å²) in [5.41, 5.74) is 4.70. The highest BCUT2D eigenvalue weighted by Crippen LogP contribution is 2.50. The molecule has 1 N–H and O–H groups in total. The summed E-state index contributed by atoms with van der Waals surface area (Å²) in [5.74, 6) is 3.79. The molecule has 3 aliphatic heterocycles. The number of aliphatic hydroxyl groups excluding tert-OH is 1. The Labute approximate surface area is 208 Å². The number of hydrogen-bond donors (Lipinski definition) is 1. The number of ether oxygens (including phenoxy) is 2. The molecule has 2 unspecified atom stereocenters. The first-order chi connectivity index (χ1) is 16.8. The first-order valence-electron chi connectivity index (χ1n) is 12.8. The van der Waals surface area contributed by atoms with Gasteiger partial charge in [0.2, 0.25) is 0 Å². The zero-order valence-electron chi connectivity index (χ0n) is 21.9. The van der Waals surface area contributed by atoms with Crippen LogP contribution in [0, 0.1) is 13.8 Å². The van der Waals surface area contributed by atoms with Crippen molar-refractivity contribution in [1.82, 2.24) is 14.7 Å². The van der Waals surface area contributed by atoms with Gasteiger partial charge in [-0.3, -0.25) is 4.90 Å². The Bertz CT molecular complexity index is 1120. The van der Waals surface area contributed by atoms with Crippen LogP contribution in [0.3, 0.4) is 0 Å². The lowest BCUT2D eigenvalue weighted by atomic mass is 9.82. The molecule has 2 atom stereocenters. The Balaban J connectivity index is 1.46. The number of aliphatic hydroxyl groups is 1. The van der Waals surface area contributed by atoms with Gasteiger partial charge in [0, 0.05) is 61.5 Å². The van der Waals surface area contributed by atoms with Gasteiger partial charge in [-0.25, -0.2) is 4.90 Å². The van der Waals surface area contributed by atoms with E-state index >= 15 is 0 Å². The number of fused-ring (bicyclic) bond motifs is 3. The third-order valence-electron chi connectivity index (χ3n) is 8.32. The van der Waals surface area contributed by atoms with Crippen LogP contribution >= 0.6 is 0 Å². The molecule has 4 heterocycles. The number of aryl methyl sites for hydroxylation is 2. The number of furan rings is 1. The van der Waals surface area contributed by atoms with Gasteiger partial charge in [-0.1, -0.05) is 19.9 Å². The van der Waals surface area contributed by atoms with Gasteiger partial charge in [0.05, 0.1) is 19.8 Å². The summed E-state index contributed by atoms with van der Waals surface area (Å²) >= 11 is 0. The van der Waals surface area contributed by atoms with Crippen molar-refractivity contribution in [2.75, 3.05) is 33.9 Å². The Kier molecular flexibility index (Phi) is 6.36. The molecule has 0 amide bonds. The molecule has 1 spiro atoms. The SMILES string of the molecule is CCN1C(O)N2Cc3cc(OC)cc(OC)c3C(C)C=C2C12CCN(Cc1cc(C)oc1C)CC2. The lowest BCUT2D eigenvalue weighted by molar-refractivity contribution is -0.0867. The van der Waals surface area contributed by atoms with Gasteiger partial charge in [0.15, 0.2) is 6.35 Å². The minimum Gasteiger partial charge on any atom is -0.497 e. The van der Waals surface area contributed by atoms with E-state index in [1.54, 1.807) is 14.2 Å². The van der Waals surface area contributed by atoms with Crippen LogP contribution in [0.25, 0.3) is 0 Å². The maximum Gasteiger partial charge on any atom is 0.187 e. The molecule has 190 valence electrons. The standard InChI is InChI=1S/C28H39N3O4/c1-7-31-27(32)30-17-22-14-23(33-5)15-24(34-6)26(22)18(2)12-25(30)28(31)8-10-29(11-9-28)16-21-13-19(3)35-20(21)4/h12-15,18,27,32H,7-11,16-17H2,1-6H3. The van der Waals surface area contributed by atoms with Crippen molar-refractivity contribution >= 4 is 0 Å². The van der Waals surface area contributed by atoms with Crippen molar-refractivity contribution < 1.29 is 19.0 Å². The van der Waals surface area contributed by atoms with E-state index in [0.717, 1.165) is 67.6 Å². The second-order valence-corrected chi connectivity index (χ2v) is 10.2. The van der Waals surface area contributed by atoms with E-state index < -0.39 is 6.35 Å². The average Bonchev–Trinajstić information content (AvgIpc) is 3.19. The lowest BCUT2D eigenvalue weighted by Gasteiger charge is -2.45. The second kappa shape index (κ2) is 9.19. The quantitative estimate of drug-likeness (QED) is 0.681. The van der Waals surface area contributed by atoms with E-state index in [0.29, 0.717) is 6.54 Å². The Hall–Kier alpha value is -2.48. The first-order valence-corrected chi connectivity index (χ1v) is 12.8. The first kappa shape index (κ1) is 24.2. The number of likely N-dealkylation sites (tertiary alicyclic amines) is 1. The maximum atomic E-state index is 11.6. The van der Waals surface area contributed by atoms with Crippen LogP contribution in [0.15, 0.2) is 34.4 Å². The molecular weight excluding hydrogens is 442 g/mol. The summed E-state index contributed by atoms with van der Waals surface area (Å²) in [6, 6.07) is 6.22. The van der Waals surface area contributed by atoms with Crippen molar-refractivity contribution in [2.24, 2.45) is 0 Å². The maximum absolute atomic E-state index is 11.6. The van der Waals surface area contributed by atoms with E-state index in [9.17, 15) is 5.11 Å². The molecule has 0 saturated carbocycles. The third kappa shape index (κ3) is 3.94. The van der Waals surface area contributed by atoms with E-state index in [1.807, 2.05) is 13.0 Å². The molecule has 2 fully saturated rings. The predicted octanol–water partition coefficient (Wildman–Crippen LogP) is 4.36. The lowest BCUT2D eigenvalue weighted by Crippen LogP contribution is -2.54. The van der Waals surface area contributed by atoms with Crippen LogP contribution < -0.4 is 9.47 Å².